The van der Waals surface area contributed by atoms with Gasteiger partial charge in [-0.25, -0.2) is 9.50 Å². The van der Waals surface area contributed by atoms with Crippen molar-refractivity contribution in [1.82, 2.24) is 14.6 Å². The number of hydrogen-bond acceptors (Lipinski definition) is 5. The van der Waals surface area contributed by atoms with E-state index < -0.39 is 23.1 Å². The van der Waals surface area contributed by atoms with Crippen molar-refractivity contribution in [3.63, 3.8) is 0 Å². The van der Waals surface area contributed by atoms with Crippen LogP contribution < -0.4 is 10.2 Å². The third-order valence-corrected chi connectivity index (χ3v) is 5.34. The number of nitrogens with one attached hydrogen (secondary N) is 1. The summed E-state index contributed by atoms with van der Waals surface area (Å²) in [5.74, 6) is 0.165. The highest BCUT2D eigenvalue weighted by atomic mass is 19.4. The Morgan fingerprint density at radius 3 is 2.56 bits per heavy atom. The minimum absolute atomic E-state index is 0.313. The summed E-state index contributed by atoms with van der Waals surface area (Å²) < 4.78 is 42.1. The minimum atomic E-state index is -4.62. The van der Waals surface area contributed by atoms with Crippen molar-refractivity contribution in [1.29, 1.82) is 0 Å². The molecule has 1 fully saturated rings. The van der Waals surface area contributed by atoms with Gasteiger partial charge < -0.3 is 15.3 Å². The Hall–Kier alpha value is -3.14. The molecule has 1 saturated heterocycles. The number of halogens is 3. The number of fused-ring (bicyclic) bond motifs is 1. The maximum absolute atomic E-state index is 13.5. The van der Waals surface area contributed by atoms with E-state index in [1.807, 2.05) is 4.90 Å². The van der Waals surface area contributed by atoms with Gasteiger partial charge in [-0.1, -0.05) is 26.8 Å². The normalized spacial score (nSPS) is 17.2. The highest BCUT2D eigenvalue weighted by Gasteiger charge is 2.35. The number of anilines is 2. The molecule has 170 valence electrons. The third-order valence-electron chi connectivity index (χ3n) is 5.34. The van der Waals surface area contributed by atoms with Crippen molar-refractivity contribution < 1.29 is 23.1 Å². The summed E-state index contributed by atoms with van der Waals surface area (Å²) in [6.07, 6.45) is -2.71. The molecule has 0 radical (unpaired) electrons. The van der Waals surface area contributed by atoms with Crippen molar-refractivity contribution in [2.24, 2.45) is 5.41 Å². The van der Waals surface area contributed by atoms with Gasteiger partial charge in [-0.05, 0) is 30.7 Å². The van der Waals surface area contributed by atoms with E-state index in [-0.39, 0.29) is 11.8 Å². The van der Waals surface area contributed by atoms with Crippen LogP contribution in [0.1, 0.15) is 32.8 Å². The molecule has 3 heterocycles. The molecule has 1 aromatic carbocycles. The fourth-order valence-electron chi connectivity index (χ4n) is 3.49. The van der Waals surface area contributed by atoms with Crippen molar-refractivity contribution in [3.8, 4) is 11.3 Å². The van der Waals surface area contributed by atoms with Crippen LogP contribution in [-0.2, 0) is 11.0 Å². The Kier molecular flexibility index (Phi) is 5.36. The number of β-amino-alcohol motifs (C(OH)–C–C–N with tert-alkyl or cyclic N) is 1. The predicted octanol–water partition coefficient (Wildman–Crippen LogP) is 3.97. The monoisotopic (exact) mass is 447 g/mol. The van der Waals surface area contributed by atoms with Crippen LogP contribution in [0.4, 0.5) is 24.7 Å². The third kappa shape index (κ3) is 4.40. The molecule has 2 N–H and O–H groups in total. The molecule has 0 saturated carbocycles. The van der Waals surface area contributed by atoms with E-state index in [9.17, 15) is 23.1 Å². The minimum Gasteiger partial charge on any atom is -0.391 e. The standard InChI is InChI=1S/C22H24F3N5O2/c1-21(2,3)20(32)27-16-10-13(4-5-15(16)22(23,24)25)17-12-30-18(26-17)6-7-19(28-30)29-9-8-14(31)11-29/h4-7,10,12,14,31H,8-9,11H2,1-3H3,(H,27,32)/t14-/m1/s1. The van der Waals surface area contributed by atoms with Gasteiger partial charge in [-0.3, -0.25) is 4.79 Å². The molecular formula is C22H24F3N5O2. The Morgan fingerprint density at radius 2 is 1.94 bits per heavy atom. The molecular weight excluding hydrogens is 423 g/mol. The molecule has 1 aliphatic heterocycles. The molecule has 1 atom stereocenters. The van der Waals surface area contributed by atoms with Crippen LogP contribution in [0.25, 0.3) is 16.9 Å². The first-order chi connectivity index (χ1) is 14.9. The highest BCUT2D eigenvalue weighted by molar-refractivity contribution is 5.96. The average molecular weight is 447 g/mol. The number of imidazole rings is 1. The lowest BCUT2D eigenvalue weighted by Gasteiger charge is -2.20. The quantitative estimate of drug-likeness (QED) is 0.635. The zero-order valence-corrected chi connectivity index (χ0v) is 17.9. The zero-order valence-electron chi connectivity index (χ0n) is 17.9. The van der Waals surface area contributed by atoms with E-state index in [1.54, 1.807) is 43.6 Å². The second-order valence-corrected chi connectivity index (χ2v) is 8.97. The van der Waals surface area contributed by atoms with E-state index in [2.05, 4.69) is 15.4 Å². The smallest absolute Gasteiger partial charge is 0.391 e. The number of carbonyl (C=O) groups is 1. The van der Waals surface area contributed by atoms with Crippen LogP contribution in [0.2, 0.25) is 0 Å². The van der Waals surface area contributed by atoms with Gasteiger partial charge in [-0.2, -0.15) is 13.2 Å². The fraction of sp³-hybridized carbons (Fsp3) is 0.409. The number of nitrogens with zero attached hydrogens (tertiary/aromatic N) is 4. The van der Waals surface area contributed by atoms with E-state index >= 15 is 0 Å². The first kappa shape index (κ1) is 22.1. The summed E-state index contributed by atoms with van der Waals surface area (Å²) in [5, 5.41) is 16.7. The molecule has 1 aliphatic rings. The first-order valence-electron chi connectivity index (χ1n) is 10.2. The van der Waals surface area contributed by atoms with Crippen LogP contribution >= 0.6 is 0 Å². The van der Waals surface area contributed by atoms with Gasteiger partial charge in [0.2, 0.25) is 5.91 Å². The number of aliphatic hydroxyl groups is 1. The number of alkyl halides is 3. The molecule has 0 aliphatic carbocycles. The average Bonchev–Trinajstić information content (AvgIpc) is 3.31. The number of rotatable bonds is 3. The molecule has 4 rings (SSSR count). The van der Waals surface area contributed by atoms with Crippen LogP contribution in [0.5, 0.6) is 0 Å². The van der Waals surface area contributed by atoms with E-state index in [4.69, 9.17) is 0 Å². The number of aliphatic hydroxyl groups excluding tert-OH is 1. The fourth-order valence-corrected chi connectivity index (χ4v) is 3.49. The van der Waals surface area contributed by atoms with E-state index in [1.165, 1.54) is 12.1 Å². The Morgan fingerprint density at radius 1 is 1.19 bits per heavy atom. The number of amides is 1. The number of carbonyl (C=O) groups excluding carboxylic acids is 1. The number of benzene rings is 1. The molecule has 3 aromatic rings. The largest absolute Gasteiger partial charge is 0.418 e. The summed E-state index contributed by atoms with van der Waals surface area (Å²) in [5.41, 5.74) is -0.710. The van der Waals surface area contributed by atoms with Crippen molar-refractivity contribution in [2.45, 2.75) is 39.5 Å². The van der Waals surface area contributed by atoms with Crippen LogP contribution in [-0.4, -0.2) is 44.8 Å². The second-order valence-electron chi connectivity index (χ2n) is 8.97. The summed E-state index contributed by atoms with van der Waals surface area (Å²) >= 11 is 0. The summed E-state index contributed by atoms with van der Waals surface area (Å²) in [4.78, 5) is 18.8. The second kappa shape index (κ2) is 7.77. The number of aromatic nitrogens is 3. The lowest BCUT2D eigenvalue weighted by molar-refractivity contribution is -0.137. The van der Waals surface area contributed by atoms with E-state index in [0.29, 0.717) is 42.2 Å². The Balaban J connectivity index is 1.70. The molecule has 1 amide bonds. The topological polar surface area (TPSA) is 82.8 Å². The van der Waals surface area contributed by atoms with Crippen molar-refractivity contribution in [3.05, 3.63) is 42.1 Å². The Labute approximate surface area is 182 Å². The first-order valence-corrected chi connectivity index (χ1v) is 10.2. The maximum Gasteiger partial charge on any atom is 0.418 e. The van der Waals surface area contributed by atoms with E-state index in [0.717, 1.165) is 6.07 Å². The van der Waals surface area contributed by atoms with Gasteiger partial charge in [0.25, 0.3) is 0 Å². The van der Waals surface area contributed by atoms with Gasteiger partial charge in [0.05, 0.1) is 29.2 Å². The maximum atomic E-state index is 13.5. The van der Waals surface area contributed by atoms with Crippen LogP contribution in [0, 0.1) is 5.41 Å². The molecule has 7 nitrogen and oxygen atoms in total. The lowest BCUT2D eigenvalue weighted by Crippen LogP contribution is -2.28. The SMILES string of the molecule is CC(C)(C)C(=O)Nc1cc(-c2cn3nc(N4CC[C@@H](O)C4)ccc3n2)ccc1C(F)(F)F. The molecule has 0 bridgehead atoms. The molecule has 0 unspecified atom stereocenters. The van der Waals surface area contributed by atoms with Gasteiger partial charge in [0, 0.05) is 24.1 Å². The van der Waals surface area contributed by atoms with Crippen LogP contribution in [0.3, 0.4) is 0 Å². The van der Waals surface area contributed by atoms with Crippen molar-refractivity contribution >= 4 is 23.1 Å². The highest BCUT2D eigenvalue weighted by Crippen LogP contribution is 2.37. The predicted molar refractivity (Wildman–Crippen MR) is 114 cm³/mol. The van der Waals surface area contributed by atoms with Gasteiger partial charge in [0.15, 0.2) is 5.65 Å². The lowest BCUT2D eigenvalue weighted by atomic mass is 9.95. The van der Waals surface area contributed by atoms with Gasteiger partial charge in [0.1, 0.15) is 5.82 Å². The van der Waals surface area contributed by atoms with Crippen molar-refractivity contribution in [2.75, 3.05) is 23.3 Å². The van der Waals surface area contributed by atoms with Crippen LogP contribution in [0.15, 0.2) is 36.5 Å². The molecule has 32 heavy (non-hydrogen) atoms. The molecule has 10 heteroatoms. The summed E-state index contributed by atoms with van der Waals surface area (Å²) in [7, 11) is 0. The number of hydrogen-bond donors (Lipinski definition) is 2. The zero-order chi connectivity index (χ0) is 23.3. The Bertz CT molecular complexity index is 1170. The summed E-state index contributed by atoms with van der Waals surface area (Å²) in [6, 6.07) is 7.12. The summed E-state index contributed by atoms with van der Waals surface area (Å²) in [6.45, 7) is 6.07. The molecule has 2 aromatic heterocycles. The van der Waals surface area contributed by atoms with Gasteiger partial charge >= 0.3 is 6.18 Å². The van der Waals surface area contributed by atoms with Gasteiger partial charge in [-0.15, -0.1) is 5.10 Å². The molecule has 0 spiro atoms.